The van der Waals surface area contributed by atoms with Crippen molar-refractivity contribution in [2.75, 3.05) is 18.9 Å². The van der Waals surface area contributed by atoms with Crippen molar-refractivity contribution in [2.45, 2.75) is 50.4 Å². The maximum atomic E-state index is 13.9. The van der Waals surface area contributed by atoms with Gasteiger partial charge < -0.3 is 15.1 Å². The van der Waals surface area contributed by atoms with Gasteiger partial charge >= 0.3 is 12.2 Å². The molecular weight excluding hydrogens is 539 g/mol. The number of urea groups is 1. The summed E-state index contributed by atoms with van der Waals surface area (Å²) < 4.78 is 69.1. The summed E-state index contributed by atoms with van der Waals surface area (Å²) >= 11 is 0. The molecule has 1 saturated heterocycles. The van der Waals surface area contributed by atoms with E-state index < -0.39 is 77.9 Å². The SMILES string of the molecule is C[C@H](c1cc(F)cc(F)c1)N(CC(=O)Nc1ccc2c(c1)C[C@@]1(C2)C(=O)NC(=O)N1C)C(=O)C1(C(F)(F)F)CC1. The second kappa shape index (κ2) is 9.27. The van der Waals surface area contributed by atoms with Crippen LogP contribution in [-0.4, -0.2) is 58.9 Å². The number of likely N-dealkylation sites (N-methyl/N-ethyl adjacent to an activating group) is 1. The largest absolute Gasteiger partial charge is 0.403 e. The van der Waals surface area contributed by atoms with Crippen LogP contribution in [-0.2, 0) is 27.2 Å². The minimum Gasteiger partial charge on any atom is -0.326 e. The summed E-state index contributed by atoms with van der Waals surface area (Å²) in [6.45, 7) is 0.488. The minimum atomic E-state index is -4.86. The summed E-state index contributed by atoms with van der Waals surface area (Å²) in [6, 6.07) is 5.43. The molecule has 2 N–H and O–H groups in total. The Balaban J connectivity index is 1.37. The first-order valence-corrected chi connectivity index (χ1v) is 12.5. The van der Waals surface area contributed by atoms with E-state index in [-0.39, 0.29) is 24.1 Å². The summed E-state index contributed by atoms with van der Waals surface area (Å²) in [5.74, 6) is -4.56. The third-order valence-electron chi connectivity index (χ3n) is 8.16. The molecule has 1 saturated carbocycles. The van der Waals surface area contributed by atoms with Crippen LogP contribution in [0.25, 0.3) is 0 Å². The van der Waals surface area contributed by atoms with E-state index in [1.807, 2.05) is 0 Å². The number of imide groups is 1. The summed E-state index contributed by atoms with van der Waals surface area (Å²) in [4.78, 5) is 52.8. The Bertz CT molecular complexity index is 1420. The van der Waals surface area contributed by atoms with Gasteiger partial charge in [-0.05, 0) is 60.7 Å². The Morgan fingerprint density at radius 2 is 1.68 bits per heavy atom. The van der Waals surface area contributed by atoms with Gasteiger partial charge in [-0.15, -0.1) is 0 Å². The highest BCUT2D eigenvalue weighted by atomic mass is 19.4. The Labute approximate surface area is 225 Å². The van der Waals surface area contributed by atoms with Crippen molar-refractivity contribution >= 4 is 29.4 Å². The fourth-order valence-electron chi connectivity index (χ4n) is 5.53. The molecule has 0 unspecified atom stereocenters. The van der Waals surface area contributed by atoms with Crippen LogP contribution in [0, 0.1) is 17.0 Å². The van der Waals surface area contributed by atoms with Gasteiger partial charge in [-0.25, -0.2) is 13.6 Å². The van der Waals surface area contributed by atoms with Gasteiger partial charge in [0.2, 0.25) is 11.8 Å². The Morgan fingerprint density at radius 3 is 2.23 bits per heavy atom. The van der Waals surface area contributed by atoms with Gasteiger partial charge in [0, 0.05) is 31.6 Å². The molecule has 0 bridgehead atoms. The van der Waals surface area contributed by atoms with Crippen molar-refractivity contribution in [2.24, 2.45) is 5.41 Å². The molecule has 0 aromatic heterocycles. The number of amides is 5. The smallest absolute Gasteiger partial charge is 0.326 e. The van der Waals surface area contributed by atoms with Crippen LogP contribution in [0.4, 0.5) is 32.4 Å². The lowest BCUT2D eigenvalue weighted by Crippen LogP contribution is -2.48. The number of hydrogen-bond acceptors (Lipinski definition) is 4. The second-order valence-corrected chi connectivity index (χ2v) is 10.6. The highest BCUT2D eigenvalue weighted by Crippen LogP contribution is 2.59. The van der Waals surface area contributed by atoms with Gasteiger partial charge in [0.15, 0.2) is 0 Å². The number of anilines is 1. The topological polar surface area (TPSA) is 98.8 Å². The van der Waals surface area contributed by atoms with E-state index in [1.165, 1.54) is 18.9 Å². The standard InChI is InChI=1S/C27H25F5N4O4/c1-14(16-7-18(28)10-19(29)8-16)36(23(39)25(5-6-25)27(30,31)32)13-21(37)33-20-4-3-15-11-26(12-17(15)9-20)22(38)34-24(40)35(26)2/h3-4,7-10,14H,5-6,11-13H2,1-2H3,(H,33,37)(H,34,38,40)/t14-,26+/m1/s1. The minimum absolute atomic E-state index is 0.104. The number of alkyl halides is 3. The van der Waals surface area contributed by atoms with Crippen molar-refractivity contribution < 1.29 is 41.1 Å². The summed E-state index contributed by atoms with van der Waals surface area (Å²) in [6.07, 6.45) is -5.29. The number of benzene rings is 2. The van der Waals surface area contributed by atoms with Gasteiger partial charge in [0.25, 0.3) is 5.91 Å². The van der Waals surface area contributed by atoms with E-state index in [0.29, 0.717) is 16.5 Å². The maximum Gasteiger partial charge on any atom is 0.403 e. The number of nitrogens with one attached hydrogen (secondary N) is 2. The molecule has 3 aliphatic rings. The molecule has 212 valence electrons. The molecule has 8 nitrogen and oxygen atoms in total. The highest BCUT2D eigenvalue weighted by molar-refractivity contribution is 6.07. The van der Waals surface area contributed by atoms with Crippen LogP contribution in [0.15, 0.2) is 36.4 Å². The summed E-state index contributed by atoms with van der Waals surface area (Å²) in [5, 5.41) is 4.85. The van der Waals surface area contributed by atoms with E-state index >= 15 is 0 Å². The van der Waals surface area contributed by atoms with Crippen LogP contribution in [0.3, 0.4) is 0 Å². The zero-order chi connectivity index (χ0) is 29.2. The number of carbonyl (C=O) groups is 4. The number of nitrogens with zero attached hydrogens (tertiary/aromatic N) is 2. The molecule has 1 heterocycles. The average molecular weight is 565 g/mol. The van der Waals surface area contributed by atoms with E-state index in [2.05, 4.69) is 10.6 Å². The Hall–Kier alpha value is -4.03. The summed E-state index contributed by atoms with van der Waals surface area (Å²) in [7, 11) is 1.51. The lowest BCUT2D eigenvalue weighted by atomic mass is 9.95. The molecule has 2 atom stereocenters. The molecular formula is C27H25F5N4O4. The van der Waals surface area contributed by atoms with Gasteiger partial charge in [-0.3, -0.25) is 19.7 Å². The van der Waals surface area contributed by atoms with Crippen molar-refractivity contribution in [3.8, 4) is 0 Å². The molecule has 0 radical (unpaired) electrons. The van der Waals surface area contributed by atoms with Crippen LogP contribution >= 0.6 is 0 Å². The van der Waals surface area contributed by atoms with Crippen molar-refractivity contribution in [3.05, 3.63) is 64.7 Å². The summed E-state index contributed by atoms with van der Waals surface area (Å²) in [5.41, 5.74) is -2.10. The van der Waals surface area contributed by atoms with E-state index in [0.717, 1.165) is 17.7 Å². The zero-order valence-corrected chi connectivity index (χ0v) is 21.5. The molecule has 1 aliphatic heterocycles. The maximum absolute atomic E-state index is 13.9. The van der Waals surface area contributed by atoms with Crippen molar-refractivity contribution in [1.29, 1.82) is 0 Å². The van der Waals surface area contributed by atoms with E-state index in [9.17, 15) is 41.1 Å². The predicted octanol–water partition coefficient (Wildman–Crippen LogP) is 3.85. The molecule has 13 heteroatoms. The van der Waals surface area contributed by atoms with Crippen LogP contribution in [0.2, 0.25) is 0 Å². The molecule has 2 aromatic carbocycles. The van der Waals surface area contributed by atoms with Gasteiger partial charge in [-0.2, -0.15) is 13.2 Å². The number of carbonyl (C=O) groups excluding carboxylic acids is 4. The first kappa shape index (κ1) is 27.5. The monoisotopic (exact) mass is 564 g/mol. The van der Waals surface area contributed by atoms with E-state index in [1.54, 1.807) is 18.2 Å². The molecule has 2 fully saturated rings. The first-order chi connectivity index (χ1) is 18.7. The molecule has 5 amide bonds. The van der Waals surface area contributed by atoms with Crippen LogP contribution in [0.5, 0.6) is 0 Å². The van der Waals surface area contributed by atoms with Gasteiger partial charge in [0.1, 0.15) is 29.1 Å². The first-order valence-electron chi connectivity index (χ1n) is 12.5. The quantitative estimate of drug-likeness (QED) is 0.412. The molecule has 2 aromatic rings. The number of halogens is 5. The van der Waals surface area contributed by atoms with Crippen LogP contribution < -0.4 is 10.6 Å². The van der Waals surface area contributed by atoms with Crippen molar-refractivity contribution in [1.82, 2.24) is 15.1 Å². The fourth-order valence-corrected chi connectivity index (χ4v) is 5.53. The fraction of sp³-hybridized carbons (Fsp3) is 0.407. The molecule has 5 rings (SSSR count). The van der Waals surface area contributed by atoms with E-state index in [4.69, 9.17) is 0 Å². The normalized spacial score (nSPS) is 21.7. The number of fused-ring (bicyclic) bond motifs is 1. The Kier molecular flexibility index (Phi) is 6.38. The van der Waals surface area contributed by atoms with Crippen molar-refractivity contribution in [3.63, 3.8) is 0 Å². The predicted molar refractivity (Wildman–Crippen MR) is 131 cm³/mol. The molecule has 2 aliphatic carbocycles. The second-order valence-electron chi connectivity index (χ2n) is 10.6. The van der Waals surface area contributed by atoms with Gasteiger partial charge in [0.05, 0.1) is 6.04 Å². The average Bonchev–Trinajstić information content (AvgIpc) is 3.56. The van der Waals surface area contributed by atoms with Crippen LogP contribution in [0.1, 0.15) is 42.5 Å². The zero-order valence-electron chi connectivity index (χ0n) is 21.5. The molecule has 1 spiro atoms. The lowest BCUT2D eigenvalue weighted by Gasteiger charge is -2.33. The van der Waals surface area contributed by atoms with Gasteiger partial charge in [-0.1, -0.05) is 6.07 Å². The number of rotatable bonds is 6. The molecule has 40 heavy (non-hydrogen) atoms. The number of hydrogen-bond donors (Lipinski definition) is 2. The highest BCUT2D eigenvalue weighted by Gasteiger charge is 2.69. The lowest BCUT2D eigenvalue weighted by molar-refractivity contribution is -0.200. The Morgan fingerprint density at radius 1 is 1.05 bits per heavy atom. The third-order valence-corrected chi connectivity index (χ3v) is 8.16. The third kappa shape index (κ3) is 4.46.